The summed E-state index contributed by atoms with van der Waals surface area (Å²) in [4.78, 5) is 24.1. The topological polar surface area (TPSA) is 103 Å². The van der Waals surface area contributed by atoms with E-state index in [0.29, 0.717) is 22.5 Å². The molecule has 0 saturated heterocycles. The second kappa shape index (κ2) is 11.4. The summed E-state index contributed by atoms with van der Waals surface area (Å²) in [5, 5.41) is 23.1. The molecule has 36 heavy (non-hydrogen) atoms. The van der Waals surface area contributed by atoms with E-state index in [9.17, 15) is 14.9 Å². The third kappa shape index (κ3) is 5.76. The Balaban J connectivity index is 1.68. The van der Waals surface area contributed by atoms with Gasteiger partial charge in [-0.15, -0.1) is 16.8 Å². The number of allylic oxidation sites excluding steroid dienone is 1. The van der Waals surface area contributed by atoms with E-state index in [2.05, 4.69) is 22.1 Å². The Labute approximate surface area is 221 Å². The first-order valence-electron chi connectivity index (χ1n) is 10.6. The number of anilines is 1. The first-order chi connectivity index (χ1) is 17.4. The van der Waals surface area contributed by atoms with Crippen LogP contribution in [-0.2, 0) is 11.3 Å². The molecule has 0 radical (unpaired) electrons. The predicted molar refractivity (Wildman–Crippen MR) is 142 cm³/mol. The number of hydrogen-bond donors (Lipinski definition) is 1. The minimum absolute atomic E-state index is 0.0146. The quantitative estimate of drug-likeness (QED) is 0.108. The predicted octanol–water partition coefficient (Wildman–Crippen LogP) is 6.82. The monoisotopic (exact) mass is 539 g/mol. The summed E-state index contributed by atoms with van der Waals surface area (Å²) < 4.78 is 1.86. The van der Waals surface area contributed by atoms with Crippen LogP contribution >= 0.6 is 35.0 Å². The van der Waals surface area contributed by atoms with Gasteiger partial charge in [-0.2, -0.15) is 0 Å². The van der Waals surface area contributed by atoms with Crippen LogP contribution in [-0.4, -0.2) is 25.6 Å². The van der Waals surface area contributed by atoms with E-state index in [1.165, 1.54) is 30.0 Å². The number of nitro groups is 1. The summed E-state index contributed by atoms with van der Waals surface area (Å²) in [5.74, 6) is 0.221. The van der Waals surface area contributed by atoms with Crippen LogP contribution in [0.2, 0.25) is 10.0 Å². The number of nitrogens with zero attached hydrogens (tertiary/aromatic N) is 4. The SMILES string of the molecule is C=CCn1c(SC(C(=O)Nc2ccc(Cl)c([N+](=O)[O-])c2)c2ccccc2)nnc1-c1ccc(Cl)cc1. The molecular weight excluding hydrogens is 521 g/mol. The zero-order valence-corrected chi connectivity index (χ0v) is 21.0. The van der Waals surface area contributed by atoms with Gasteiger partial charge in [-0.1, -0.05) is 71.4 Å². The van der Waals surface area contributed by atoms with E-state index < -0.39 is 10.2 Å². The molecule has 4 rings (SSSR count). The maximum atomic E-state index is 13.4. The maximum absolute atomic E-state index is 13.4. The standard InChI is InChI=1S/C25H19Cl2N5O3S/c1-2-14-31-23(17-8-10-18(26)11-9-17)29-30-25(31)36-22(16-6-4-3-5-7-16)24(33)28-19-12-13-20(27)21(15-19)32(34)35/h2-13,15,22H,1,14H2,(H,28,33). The van der Waals surface area contributed by atoms with Crippen LogP contribution in [0.1, 0.15) is 10.8 Å². The lowest BCUT2D eigenvalue weighted by atomic mass is 10.1. The number of rotatable bonds is 9. The number of carbonyl (C=O) groups excluding carboxylic acids is 1. The zero-order chi connectivity index (χ0) is 25.7. The lowest BCUT2D eigenvalue weighted by molar-refractivity contribution is -0.384. The lowest BCUT2D eigenvalue weighted by Crippen LogP contribution is -2.19. The normalized spacial score (nSPS) is 11.6. The number of carbonyl (C=O) groups is 1. The fraction of sp³-hybridized carbons (Fsp3) is 0.0800. The van der Waals surface area contributed by atoms with Gasteiger partial charge in [0.05, 0.1) is 4.92 Å². The molecule has 1 unspecified atom stereocenters. The summed E-state index contributed by atoms with van der Waals surface area (Å²) in [6.45, 7) is 4.25. The van der Waals surface area contributed by atoms with Crippen LogP contribution in [0.25, 0.3) is 11.4 Å². The summed E-state index contributed by atoms with van der Waals surface area (Å²) in [5.41, 5.74) is 1.50. The van der Waals surface area contributed by atoms with Crippen molar-refractivity contribution in [3.63, 3.8) is 0 Å². The van der Waals surface area contributed by atoms with Crippen molar-refractivity contribution in [2.75, 3.05) is 5.32 Å². The fourth-order valence-electron chi connectivity index (χ4n) is 3.43. The van der Waals surface area contributed by atoms with Crippen molar-refractivity contribution in [2.24, 2.45) is 0 Å². The molecule has 1 amide bonds. The Bertz CT molecular complexity index is 1410. The smallest absolute Gasteiger partial charge is 0.289 e. The molecule has 0 fully saturated rings. The zero-order valence-electron chi connectivity index (χ0n) is 18.7. The second-order valence-electron chi connectivity index (χ2n) is 7.53. The summed E-state index contributed by atoms with van der Waals surface area (Å²) in [6.07, 6.45) is 1.72. The Kier molecular flexibility index (Phi) is 8.04. The third-order valence-electron chi connectivity index (χ3n) is 5.11. The van der Waals surface area contributed by atoms with Crippen molar-refractivity contribution in [3.05, 3.63) is 111 Å². The van der Waals surface area contributed by atoms with Gasteiger partial charge in [0.15, 0.2) is 11.0 Å². The Morgan fingerprint density at radius 2 is 1.83 bits per heavy atom. The molecule has 0 aliphatic heterocycles. The van der Waals surface area contributed by atoms with Crippen LogP contribution in [0.4, 0.5) is 11.4 Å². The second-order valence-corrected chi connectivity index (χ2v) is 9.45. The van der Waals surface area contributed by atoms with E-state index in [1.54, 1.807) is 18.2 Å². The molecule has 0 spiro atoms. The molecule has 1 heterocycles. The minimum Gasteiger partial charge on any atom is -0.325 e. The summed E-state index contributed by atoms with van der Waals surface area (Å²) in [6, 6.07) is 20.5. The molecule has 0 bridgehead atoms. The molecule has 1 atom stereocenters. The number of benzene rings is 3. The van der Waals surface area contributed by atoms with Gasteiger partial charge >= 0.3 is 0 Å². The fourth-order valence-corrected chi connectivity index (χ4v) is 4.79. The summed E-state index contributed by atoms with van der Waals surface area (Å²) >= 11 is 13.1. The molecular formula is C25H19Cl2N5O3S. The maximum Gasteiger partial charge on any atom is 0.289 e. The van der Waals surface area contributed by atoms with E-state index >= 15 is 0 Å². The Hall–Kier alpha value is -3.66. The first-order valence-corrected chi connectivity index (χ1v) is 12.3. The summed E-state index contributed by atoms with van der Waals surface area (Å²) in [7, 11) is 0. The van der Waals surface area contributed by atoms with Crippen LogP contribution in [0.15, 0.2) is 90.6 Å². The van der Waals surface area contributed by atoms with Crippen LogP contribution in [0.5, 0.6) is 0 Å². The molecule has 182 valence electrons. The molecule has 1 aromatic heterocycles. The number of nitrogens with one attached hydrogen (secondary N) is 1. The minimum atomic E-state index is -0.730. The molecule has 11 heteroatoms. The first kappa shape index (κ1) is 25.4. The van der Waals surface area contributed by atoms with E-state index in [4.69, 9.17) is 23.2 Å². The molecule has 0 aliphatic carbocycles. The van der Waals surface area contributed by atoms with Gasteiger partial charge in [-0.3, -0.25) is 19.5 Å². The average molecular weight is 540 g/mol. The van der Waals surface area contributed by atoms with Gasteiger partial charge in [-0.25, -0.2) is 0 Å². The number of halogens is 2. The Morgan fingerprint density at radius 1 is 1.11 bits per heavy atom. The molecule has 4 aromatic rings. The highest BCUT2D eigenvalue weighted by atomic mass is 35.5. The van der Waals surface area contributed by atoms with Crippen molar-refractivity contribution in [3.8, 4) is 11.4 Å². The van der Waals surface area contributed by atoms with Gasteiger partial charge in [0, 0.05) is 28.9 Å². The van der Waals surface area contributed by atoms with Crippen molar-refractivity contribution in [2.45, 2.75) is 17.0 Å². The van der Waals surface area contributed by atoms with Crippen LogP contribution < -0.4 is 5.32 Å². The van der Waals surface area contributed by atoms with Gasteiger partial charge in [-0.05, 0) is 42.0 Å². The molecule has 0 saturated carbocycles. The molecule has 3 aromatic carbocycles. The third-order valence-corrected chi connectivity index (χ3v) is 6.91. The highest BCUT2D eigenvalue weighted by Crippen LogP contribution is 2.37. The van der Waals surface area contributed by atoms with Gasteiger partial charge < -0.3 is 5.32 Å². The number of aromatic nitrogens is 3. The van der Waals surface area contributed by atoms with Gasteiger partial charge in [0.25, 0.3) is 5.69 Å². The lowest BCUT2D eigenvalue weighted by Gasteiger charge is -2.17. The Morgan fingerprint density at radius 3 is 2.50 bits per heavy atom. The number of thioether (sulfide) groups is 1. The molecule has 0 aliphatic rings. The largest absolute Gasteiger partial charge is 0.325 e. The number of amides is 1. The van der Waals surface area contributed by atoms with Crippen molar-refractivity contribution >= 4 is 52.2 Å². The van der Waals surface area contributed by atoms with Crippen molar-refractivity contribution in [1.29, 1.82) is 0 Å². The van der Waals surface area contributed by atoms with Crippen molar-refractivity contribution < 1.29 is 9.72 Å². The van der Waals surface area contributed by atoms with Gasteiger partial charge in [0.1, 0.15) is 10.3 Å². The average Bonchev–Trinajstić information content (AvgIpc) is 3.26. The van der Waals surface area contributed by atoms with Crippen LogP contribution in [0, 0.1) is 10.1 Å². The van der Waals surface area contributed by atoms with E-state index in [1.807, 2.05) is 47.0 Å². The molecule has 1 N–H and O–H groups in total. The van der Waals surface area contributed by atoms with Crippen molar-refractivity contribution in [1.82, 2.24) is 14.8 Å². The highest BCUT2D eigenvalue weighted by molar-refractivity contribution is 8.00. The van der Waals surface area contributed by atoms with E-state index in [-0.39, 0.29) is 22.3 Å². The number of nitro benzene ring substituents is 1. The van der Waals surface area contributed by atoms with Gasteiger partial charge in [0.2, 0.25) is 5.91 Å². The molecule has 8 nitrogen and oxygen atoms in total. The highest BCUT2D eigenvalue weighted by Gasteiger charge is 2.26. The number of hydrogen-bond acceptors (Lipinski definition) is 6. The van der Waals surface area contributed by atoms with Crippen LogP contribution in [0.3, 0.4) is 0 Å². The van der Waals surface area contributed by atoms with E-state index in [0.717, 1.165) is 11.1 Å².